The van der Waals surface area contributed by atoms with Crippen LogP contribution in [0.5, 0.6) is 0 Å². The monoisotopic (exact) mass is 381 g/mol. The second-order valence-corrected chi connectivity index (χ2v) is 13.6. The summed E-state index contributed by atoms with van der Waals surface area (Å²) in [6.07, 6.45) is -1.37. The molecule has 1 fully saturated rings. The van der Waals surface area contributed by atoms with Crippen LogP contribution in [0.3, 0.4) is 0 Å². The Morgan fingerprint density at radius 3 is 2.46 bits per heavy atom. The van der Waals surface area contributed by atoms with Crippen molar-refractivity contribution in [3.8, 4) is 0 Å². The lowest BCUT2D eigenvalue weighted by molar-refractivity contribution is -0.149. The van der Waals surface area contributed by atoms with Gasteiger partial charge in [0.05, 0.1) is 25.4 Å². The van der Waals surface area contributed by atoms with Gasteiger partial charge in [0, 0.05) is 19.6 Å². The number of morpholine rings is 1. The summed E-state index contributed by atoms with van der Waals surface area (Å²) in [5.74, 6) is 0. The van der Waals surface area contributed by atoms with Gasteiger partial charge in [0.1, 0.15) is 6.10 Å². The van der Waals surface area contributed by atoms with Crippen LogP contribution in [0.25, 0.3) is 0 Å². The van der Waals surface area contributed by atoms with Crippen LogP contribution in [-0.4, -0.2) is 68.0 Å². The van der Waals surface area contributed by atoms with E-state index < -0.39 is 20.5 Å². The van der Waals surface area contributed by atoms with E-state index in [4.69, 9.17) is 9.16 Å². The molecule has 0 saturated carbocycles. The molecular formula is C20H35NO4Si. The van der Waals surface area contributed by atoms with E-state index >= 15 is 0 Å². The summed E-state index contributed by atoms with van der Waals surface area (Å²) in [6.45, 7) is 13.5. The lowest BCUT2D eigenvalue weighted by Crippen LogP contribution is -2.54. The summed E-state index contributed by atoms with van der Waals surface area (Å²) in [7, 11) is -1.85. The third-order valence-electron chi connectivity index (χ3n) is 5.57. The van der Waals surface area contributed by atoms with Gasteiger partial charge in [0.2, 0.25) is 0 Å². The zero-order valence-electron chi connectivity index (χ0n) is 16.8. The third-order valence-corrected chi connectivity index (χ3v) is 10.1. The van der Waals surface area contributed by atoms with Gasteiger partial charge >= 0.3 is 0 Å². The summed E-state index contributed by atoms with van der Waals surface area (Å²) < 4.78 is 12.4. The highest BCUT2D eigenvalue weighted by Gasteiger charge is 2.39. The zero-order valence-corrected chi connectivity index (χ0v) is 17.8. The molecule has 2 rings (SSSR count). The predicted octanol–water partition coefficient (Wildman–Crippen LogP) is 2.63. The first-order valence-corrected chi connectivity index (χ1v) is 12.4. The molecular weight excluding hydrogens is 346 g/mol. The van der Waals surface area contributed by atoms with E-state index in [1.54, 1.807) is 0 Å². The average Bonchev–Trinajstić information content (AvgIpc) is 2.59. The normalized spacial score (nSPS) is 23.8. The van der Waals surface area contributed by atoms with Crippen LogP contribution >= 0.6 is 0 Å². The van der Waals surface area contributed by atoms with Crippen LogP contribution in [0, 0.1) is 0 Å². The minimum absolute atomic E-state index is 0.104. The summed E-state index contributed by atoms with van der Waals surface area (Å²) >= 11 is 0. The number of hydrogen-bond acceptors (Lipinski definition) is 5. The fourth-order valence-corrected chi connectivity index (χ4v) is 3.90. The van der Waals surface area contributed by atoms with E-state index in [0.29, 0.717) is 13.2 Å². The van der Waals surface area contributed by atoms with Gasteiger partial charge in [-0.1, -0.05) is 51.1 Å². The first-order chi connectivity index (χ1) is 12.1. The molecule has 0 spiro atoms. The molecule has 1 aromatic carbocycles. The van der Waals surface area contributed by atoms with E-state index in [1.807, 2.05) is 18.2 Å². The number of nitrogens with zero attached hydrogens (tertiary/aromatic N) is 1. The maximum Gasteiger partial charge on any atom is 0.192 e. The quantitative estimate of drug-likeness (QED) is 0.711. The highest BCUT2D eigenvalue weighted by Crippen LogP contribution is 2.36. The molecule has 6 heteroatoms. The predicted molar refractivity (Wildman–Crippen MR) is 107 cm³/mol. The molecule has 148 valence electrons. The van der Waals surface area contributed by atoms with E-state index in [1.165, 1.54) is 5.56 Å². The summed E-state index contributed by atoms with van der Waals surface area (Å²) in [6, 6.07) is 10.3. The van der Waals surface area contributed by atoms with Crippen LogP contribution in [-0.2, 0) is 15.7 Å². The van der Waals surface area contributed by atoms with Gasteiger partial charge in [-0.25, -0.2) is 0 Å². The van der Waals surface area contributed by atoms with Gasteiger partial charge < -0.3 is 19.4 Å². The van der Waals surface area contributed by atoms with E-state index in [0.717, 1.165) is 13.1 Å². The van der Waals surface area contributed by atoms with Crippen LogP contribution < -0.4 is 0 Å². The van der Waals surface area contributed by atoms with Crippen molar-refractivity contribution in [2.24, 2.45) is 0 Å². The molecule has 1 aliphatic heterocycles. The Labute approximate surface area is 159 Å². The SMILES string of the molecule is CC(C)(C)[Si](C)(C)OC[C@@H]1CN(Cc2ccccc2)C[C@@H](C(O)CO)O1. The van der Waals surface area contributed by atoms with Gasteiger partial charge in [0.15, 0.2) is 8.32 Å². The molecule has 0 amide bonds. The van der Waals surface area contributed by atoms with Crippen molar-refractivity contribution in [3.05, 3.63) is 35.9 Å². The lowest BCUT2D eigenvalue weighted by Gasteiger charge is -2.42. The Hall–Kier alpha value is -0.763. The summed E-state index contributed by atoms with van der Waals surface area (Å²) in [5.41, 5.74) is 1.23. The van der Waals surface area contributed by atoms with Crippen molar-refractivity contribution in [3.63, 3.8) is 0 Å². The van der Waals surface area contributed by atoms with Crippen LogP contribution in [0.15, 0.2) is 30.3 Å². The van der Waals surface area contributed by atoms with Crippen LogP contribution in [0.1, 0.15) is 26.3 Å². The third kappa shape index (κ3) is 5.87. The average molecular weight is 382 g/mol. The molecule has 1 saturated heterocycles. The molecule has 1 unspecified atom stereocenters. The molecule has 0 radical (unpaired) electrons. The Morgan fingerprint density at radius 1 is 1.23 bits per heavy atom. The van der Waals surface area contributed by atoms with Crippen molar-refractivity contribution >= 4 is 8.32 Å². The molecule has 5 nitrogen and oxygen atoms in total. The minimum atomic E-state index is -1.85. The maximum absolute atomic E-state index is 10.1. The smallest absolute Gasteiger partial charge is 0.192 e. The van der Waals surface area contributed by atoms with E-state index in [9.17, 15) is 10.2 Å². The van der Waals surface area contributed by atoms with Crippen molar-refractivity contribution < 1.29 is 19.4 Å². The fourth-order valence-electron chi connectivity index (χ4n) is 2.86. The Bertz CT molecular complexity index is 546. The van der Waals surface area contributed by atoms with Crippen molar-refractivity contribution in [1.29, 1.82) is 0 Å². The maximum atomic E-state index is 10.1. The first kappa shape index (κ1) is 21.5. The van der Waals surface area contributed by atoms with Crippen LogP contribution in [0.2, 0.25) is 18.1 Å². The molecule has 1 heterocycles. The molecule has 1 aromatic rings. The van der Waals surface area contributed by atoms with Crippen LogP contribution in [0.4, 0.5) is 0 Å². The Kier molecular flexibility index (Phi) is 7.41. The van der Waals surface area contributed by atoms with E-state index in [-0.39, 0.29) is 17.7 Å². The molecule has 1 aliphatic rings. The Balaban J connectivity index is 2.02. The number of aliphatic hydroxyl groups excluding tert-OH is 2. The number of ether oxygens (including phenoxy) is 1. The van der Waals surface area contributed by atoms with Gasteiger partial charge in [-0.3, -0.25) is 4.90 Å². The standard InChI is InChI=1S/C20H35NO4Si/c1-20(2,3)26(4,5)24-15-17-12-21(11-16-9-7-6-8-10-16)13-19(25-17)18(23)14-22/h6-10,17-19,22-23H,11-15H2,1-5H3/t17-,18?,19-/m0/s1. The minimum Gasteiger partial charge on any atom is -0.414 e. The fraction of sp³-hybridized carbons (Fsp3) is 0.700. The molecule has 3 atom stereocenters. The van der Waals surface area contributed by atoms with E-state index in [2.05, 4.69) is 50.9 Å². The topological polar surface area (TPSA) is 62.2 Å². The first-order valence-electron chi connectivity index (χ1n) is 9.47. The molecule has 26 heavy (non-hydrogen) atoms. The van der Waals surface area contributed by atoms with Gasteiger partial charge in [-0.2, -0.15) is 0 Å². The highest BCUT2D eigenvalue weighted by atomic mass is 28.4. The largest absolute Gasteiger partial charge is 0.414 e. The zero-order chi connectivity index (χ0) is 19.4. The van der Waals surface area contributed by atoms with Gasteiger partial charge in [-0.05, 0) is 23.7 Å². The second-order valence-electron chi connectivity index (χ2n) is 8.80. The lowest BCUT2D eigenvalue weighted by atomic mass is 10.1. The number of hydrogen-bond donors (Lipinski definition) is 2. The summed E-state index contributed by atoms with van der Waals surface area (Å²) in [4.78, 5) is 2.28. The van der Waals surface area contributed by atoms with Crippen molar-refractivity contribution in [2.75, 3.05) is 26.3 Å². The number of rotatable bonds is 7. The molecule has 2 N–H and O–H groups in total. The number of benzene rings is 1. The highest BCUT2D eigenvalue weighted by molar-refractivity contribution is 6.74. The molecule has 0 aliphatic carbocycles. The van der Waals surface area contributed by atoms with Crippen molar-refractivity contribution in [1.82, 2.24) is 4.90 Å². The van der Waals surface area contributed by atoms with Gasteiger partial charge in [-0.15, -0.1) is 0 Å². The summed E-state index contributed by atoms with van der Waals surface area (Å²) in [5, 5.41) is 19.6. The van der Waals surface area contributed by atoms with Crippen molar-refractivity contribution in [2.45, 2.75) is 63.8 Å². The molecule has 0 aromatic heterocycles. The molecule has 0 bridgehead atoms. The van der Waals surface area contributed by atoms with Gasteiger partial charge in [0.25, 0.3) is 0 Å². The second kappa shape index (κ2) is 8.95. The number of aliphatic hydroxyl groups is 2. The Morgan fingerprint density at radius 2 is 1.88 bits per heavy atom.